The second-order valence-electron chi connectivity index (χ2n) is 10.8. The average Bonchev–Trinajstić information content (AvgIpc) is 2.76. The third-order valence-corrected chi connectivity index (χ3v) is 15.8. The van der Waals surface area contributed by atoms with Gasteiger partial charge in [0, 0.05) is 0 Å². The van der Waals surface area contributed by atoms with E-state index in [1.165, 1.54) is 16.4 Å². The van der Waals surface area contributed by atoms with Crippen LogP contribution in [0.5, 0.6) is 0 Å². The van der Waals surface area contributed by atoms with Gasteiger partial charge in [0.15, 0.2) is 0 Å². The van der Waals surface area contributed by atoms with Crippen molar-refractivity contribution in [1.82, 2.24) is 0 Å². The summed E-state index contributed by atoms with van der Waals surface area (Å²) < 4.78 is 0. The molecule has 3 aromatic rings. The third kappa shape index (κ3) is 6.64. The summed E-state index contributed by atoms with van der Waals surface area (Å²) in [4.78, 5) is 0. The third-order valence-electron chi connectivity index (χ3n) is 6.54. The first-order chi connectivity index (χ1) is 16.5. The van der Waals surface area contributed by atoms with Gasteiger partial charge in [-0.1, -0.05) is 149 Å². The van der Waals surface area contributed by atoms with Crippen LogP contribution in [0.2, 0.25) is 0 Å². The first kappa shape index (κ1) is 28.5. The van der Waals surface area contributed by atoms with Crippen LogP contribution in [0.25, 0.3) is 0 Å². The summed E-state index contributed by atoms with van der Waals surface area (Å²) in [6, 6.07) is 26.1. The van der Waals surface area contributed by atoms with Gasteiger partial charge in [0.25, 0.3) is 0 Å². The molecule has 0 atom stereocenters. The molecule has 0 bridgehead atoms. The fraction of sp³-hybridized carbons (Fsp3) is 0.438. The van der Waals surface area contributed by atoms with Gasteiger partial charge in [0.2, 0.25) is 0 Å². The highest BCUT2D eigenvalue weighted by atomic mass is 31.1. The topological polar surface area (TPSA) is 0 Å². The number of aryl methyl sites for hydroxylation is 2. The molecule has 0 aliphatic heterocycles. The molecule has 0 aliphatic carbocycles. The summed E-state index contributed by atoms with van der Waals surface area (Å²) in [6.45, 7) is 23.9. The van der Waals surface area contributed by atoms with E-state index < -0.39 is 7.92 Å². The molecule has 3 aromatic carbocycles. The number of hydrogen-bond donors (Lipinski definition) is 0. The van der Waals surface area contributed by atoms with Crippen molar-refractivity contribution in [1.29, 1.82) is 0 Å². The second-order valence-corrected chi connectivity index (χ2v) is 19.7. The maximum Gasteiger partial charge on any atom is -0.00736 e. The molecule has 0 saturated carbocycles. The molecule has 35 heavy (non-hydrogen) atoms. The Morgan fingerprint density at radius 3 is 1.17 bits per heavy atom. The van der Waals surface area contributed by atoms with Crippen molar-refractivity contribution in [2.45, 2.75) is 91.9 Å². The maximum absolute atomic E-state index is 2.53. The van der Waals surface area contributed by atoms with Crippen LogP contribution in [-0.4, -0.2) is 22.6 Å². The van der Waals surface area contributed by atoms with Crippen molar-refractivity contribution in [3.63, 3.8) is 0 Å². The zero-order valence-corrected chi connectivity index (χ0v) is 26.2. The minimum Gasteiger partial charge on any atom is -0.0693 e. The molecule has 0 aromatic heterocycles. The van der Waals surface area contributed by atoms with Crippen LogP contribution in [0.4, 0.5) is 0 Å². The summed E-state index contributed by atoms with van der Waals surface area (Å²) in [5.41, 5.74) is 5.43. The minimum atomic E-state index is -0.644. The van der Waals surface area contributed by atoms with Crippen LogP contribution < -0.4 is 26.5 Å². The highest BCUT2D eigenvalue weighted by Crippen LogP contribution is 2.49. The molecule has 3 rings (SSSR count). The lowest BCUT2D eigenvalue weighted by atomic mass is 10.2. The molecule has 0 unspecified atom stereocenters. The molecule has 0 saturated heterocycles. The molecule has 0 heterocycles. The lowest BCUT2D eigenvalue weighted by molar-refractivity contribution is 1.02. The monoisotopic (exact) mass is 522 g/mol. The van der Waals surface area contributed by atoms with E-state index in [2.05, 4.69) is 136 Å². The first-order valence-electron chi connectivity index (χ1n) is 13.2. The van der Waals surface area contributed by atoms with E-state index >= 15 is 0 Å². The Labute approximate surface area is 219 Å². The summed E-state index contributed by atoms with van der Waals surface area (Å²) in [5, 5.41) is 7.90. The molecule has 3 heteroatoms. The molecular weight excluding hydrogens is 477 g/mol. The Hall–Kier alpha value is -1.05. The maximum atomic E-state index is 2.53. The summed E-state index contributed by atoms with van der Waals surface area (Å²) >= 11 is 0. The van der Waals surface area contributed by atoms with Crippen molar-refractivity contribution >= 4 is 50.3 Å². The molecule has 0 nitrogen and oxygen atoms in total. The van der Waals surface area contributed by atoms with Crippen LogP contribution in [0.3, 0.4) is 0 Å². The van der Waals surface area contributed by atoms with Gasteiger partial charge in [-0.3, -0.25) is 0 Å². The summed E-state index contributed by atoms with van der Waals surface area (Å²) in [6.07, 6.45) is 0. The van der Waals surface area contributed by atoms with Gasteiger partial charge in [0.1, 0.15) is 0 Å². The molecule has 0 N–H and O–H groups in total. The van der Waals surface area contributed by atoms with Gasteiger partial charge in [-0.2, -0.15) is 0 Å². The molecule has 0 aliphatic rings. The van der Waals surface area contributed by atoms with Crippen molar-refractivity contribution in [3.05, 3.63) is 77.9 Å². The number of rotatable bonds is 9. The van der Waals surface area contributed by atoms with Crippen molar-refractivity contribution in [3.8, 4) is 0 Å². The van der Waals surface area contributed by atoms with E-state index in [-0.39, 0.29) is 15.8 Å². The molecule has 0 radical (unpaired) electrons. The highest BCUT2D eigenvalue weighted by Gasteiger charge is 2.31. The zero-order chi connectivity index (χ0) is 25.9. The largest absolute Gasteiger partial charge is 0.0693 e. The minimum absolute atomic E-state index is 0.259. The molecule has 0 spiro atoms. The normalized spacial score (nSPS) is 12.4. The van der Waals surface area contributed by atoms with Gasteiger partial charge >= 0.3 is 0 Å². The predicted octanol–water partition coefficient (Wildman–Crippen LogP) is 7.91. The summed E-state index contributed by atoms with van der Waals surface area (Å²) in [7, 11) is -1.16. The Morgan fingerprint density at radius 1 is 0.457 bits per heavy atom. The van der Waals surface area contributed by atoms with Crippen molar-refractivity contribution in [2.24, 2.45) is 0 Å². The fourth-order valence-corrected chi connectivity index (χ4v) is 15.0. The zero-order valence-electron chi connectivity index (χ0n) is 23.5. The molecule has 0 fully saturated rings. The van der Waals surface area contributed by atoms with E-state index in [0.29, 0.717) is 22.6 Å². The van der Waals surface area contributed by atoms with E-state index in [1.54, 1.807) is 21.2 Å². The van der Waals surface area contributed by atoms with Gasteiger partial charge < -0.3 is 0 Å². The fourth-order valence-electron chi connectivity index (χ4n) is 5.35. The average molecular weight is 523 g/mol. The van der Waals surface area contributed by atoms with Crippen molar-refractivity contribution in [2.75, 3.05) is 0 Å². The van der Waals surface area contributed by atoms with Gasteiger partial charge in [-0.05, 0) is 70.9 Å². The predicted molar refractivity (Wildman–Crippen MR) is 168 cm³/mol. The summed E-state index contributed by atoms with van der Waals surface area (Å²) in [5.74, 6) is 0. The van der Waals surface area contributed by atoms with Crippen LogP contribution in [0, 0.1) is 13.8 Å². The molecule has 188 valence electrons. The molecular formula is C32H45P3. The van der Waals surface area contributed by atoms with E-state index in [0.717, 1.165) is 0 Å². The number of benzene rings is 3. The number of hydrogen-bond acceptors (Lipinski definition) is 0. The van der Waals surface area contributed by atoms with Gasteiger partial charge in [0.05, 0.1) is 0 Å². The lowest BCUT2D eigenvalue weighted by Gasteiger charge is -2.34. The van der Waals surface area contributed by atoms with Crippen molar-refractivity contribution < 1.29 is 0 Å². The lowest BCUT2D eigenvalue weighted by Crippen LogP contribution is -2.38. The Balaban J connectivity index is 2.39. The van der Waals surface area contributed by atoms with Crippen LogP contribution in [-0.2, 0) is 0 Å². The van der Waals surface area contributed by atoms with Crippen LogP contribution >= 0.6 is 23.8 Å². The van der Waals surface area contributed by atoms with E-state index in [4.69, 9.17) is 0 Å². The Bertz CT molecular complexity index is 1010. The second kappa shape index (κ2) is 12.5. The Morgan fingerprint density at radius 2 is 0.829 bits per heavy atom. The first-order valence-corrected chi connectivity index (χ1v) is 17.5. The van der Waals surface area contributed by atoms with Gasteiger partial charge in [-0.15, -0.1) is 0 Å². The smallest absolute Gasteiger partial charge is 0.00736 e. The Kier molecular flexibility index (Phi) is 10.2. The van der Waals surface area contributed by atoms with Crippen LogP contribution in [0.1, 0.15) is 66.5 Å². The van der Waals surface area contributed by atoms with E-state index in [1.807, 2.05) is 0 Å². The SMILES string of the molecule is Cc1ccc(P(c2ccccc2)c2ccc(C)cc2P(C(C)C)C(C)C)c(P(C(C)C)C(C)C)c1. The molecule has 0 amide bonds. The van der Waals surface area contributed by atoms with Gasteiger partial charge in [-0.25, -0.2) is 0 Å². The highest BCUT2D eigenvalue weighted by molar-refractivity contribution is 7.84. The van der Waals surface area contributed by atoms with Crippen LogP contribution in [0.15, 0.2) is 66.7 Å². The van der Waals surface area contributed by atoms with E-state index in [9.17, 15) is 0 Å². The quantitative estimate of drug-likeness (QED) is 0.251. The standard InChI is InChI=1S/C32H45P3/c1-22(2)33(23(3)4)31-20-26(9)16-18-29(31)35(28-14-12-11-13-15-28)30-19-17-27(10)21-32(30)34(24(5)6)25(7)8/h11-25H,1-10H3.